The summed E-state index contributed by atoms with van der Waals surface area (Å²) in [7, 11) is 0. The third-order valence-electron chi connectivity index (χ3n) is 24.0. The Morgan fingerprint density at radius 1 is 0.397 bits per heavy atom. The maximum atomic E-state index is 15.5. The number of nitrogens with zero attached hydrogens (tertiary/aromatic N) is 18. The van der Waals surface area contributed by atoms with E-state index < -0.39 is 136 Å². The number of hydrogen-bond acceptors (Lipinski definition) is 21. The van der Waals surface area contributed by atoms with E-state index in [4.69, 9.17) is 63.0 Å². The molecule has 27 nitrogen and oxygen atoms in total. The summed E-state index contributed by atoms with van der Waals surface area (Å²) in [5.74, 6) is -21.9. The first kappa shape index (κ1) is 104. The molecule has 9 aromatic heterocycles. The molecule has 0 aliphatic carbocycles. The maximum Gasteiger partial charge on any atom is 0.422 e. The van der Waals surface area contributed by atoms with Gasteiger partial charge in [0.1, 0.15) is 73.7 Å². The fourth-order valence-electron chi connectivity index (χ4n) is 17.2. The summed E-state index contributed by atoms with van der Waals surface area (Å²) in [6.07, 6.45) is -3.34. The number of anilines is 3. The van der Waals surface area contributed by atoms with Crippen molar-refractivity contribution in [2.75, 3.05) is 93.2 Å². The van der Waals surface area contributed by atoms with Crippen molar-refractivity contribution < 1.29 is 86.8 Å². The normalized spacial score (nSPS) is 13.6. The fraction of sp³-hybridized carbons (Fsp3) is 0.281. The van der Waals surface area contributed by atoms with Crippen LogP contribution in [0.3, 0.4) is 0 Å². The number of rotatable bonds is 15. The van der Waals surface area contributed by atoms with Crippen molar-refractivity contribution in [1.29, 1.82) is 15.8 Å². The molecule has 3 aliphatic rings. The number of halogens is 18. The minimum Gasteiger partial charge on any atom is -0.506 e. The topological polar surface area (TPSA) is 346 Å². The number of fused-ring (bicyclic) bond motifs is 3. The number of carbonyl (C=O) groups is 3. The fourth-order valence-corrected chi connectivity index (χ4v) is 18.4. The van der Waals surface area contributed by atoms with Gasteiger partial charge in [0.25, 0.3) is 16.7 Å². The van der Waals surface area contributed by atoms with Crippen molar-refractivity contribution in [3.8, 4) is 86.3 Å². The monoisotopic (exact) mass is 2050 g/mol. The SMILES string of the molecule is C=CC(=O)N1CCN(c2c(C#N)c(=O)n(-c3c(C)ccnc3C(C)C)c3nc(-c4c(C)c(Cl)c(F)c(Cl)c4O)c(Cl)cc23)CC1.C=CC(=O)N1CCN(c2c(C#N)c(=O)n(-c3c(C)ccnc3C(C)C)c3nc(-c4c(O)c(F)c(F)c(C(F)(F)F)c4F)c(Cl)cc23)CC1.C=CC(=O)N1CCN(c2c(C#N)c(=O)n(-c3c(C)ccnc3C(C)C)c3nc(-c4c(O)c(F)c(F)c(C(F)(F)F)c4F)c(Cl)cc23)CC1. The van der Waals surface area contributed by atoms with Crippen LogP contribution in [0, 0.1) is 102 Å². The lowest BCUT2D eigenvalue weighted by molar-refractivity contribution is -0.143. The highest BCUT2D eigenvalue weighted by molar-refractivity contribution is 6.38. The zero-order chi connectivity index (χ0) is 104. The van der Waals surface area contributed by atoms with Crippen molar-refractivity contribution in [3.63, 3.8) is 0 Å². The van der Waals surface area contributed by atoms with Gasteiger partial charge in [-0.05, 0) is 122 Å². The minimum atomic E-state index is -5.73. The lowest BCUT2D eigenvalue weighted by Crippen LogP contribution is -2.49. The smallest absolute Gasteiger partial charge is 0.422 e. The molecule has 141 heavy (non-hydrogen) atoms. The van der Waals surface area contributed by atoms with Crippen LogP contribution in [0.4, 0.5) is 74.1 Å². The number of aromatic hydroxyl groups is 3. The average molecular weight is 2050 g/mol. The molecule has 0 spiro atoms. The number of aryl methyl sites for hydroxylation is 3. The first-order chi connectivity index (χ1) is 66.4. The molecule has 3 amide bonds. The zero-order valence-corrected chi connectivity index (χ0v) is 79.7. The second-order valence-corrected chi connectivity index (χ2v) is 35.4. The molecular formula is C96H78Cl5F13N18O9. The molecule has 732 valence electrons. The van der Waals surface area contributed by atoms with E-state index in [1.165, 1.54) is 39.8 Å². The Morgan fingerprint density at radius 3 is 0.901 bits per heavy atom. The standard InChI is InChI=1S/C32H28Cl3FN6O3.2C32H25ClF6N6O3/c1-6-21(43)40-9-11-41(12-10-40)29-18-13-20(33)27(22-17(5)23(34)25(36)24(35)30(22)44)39-31(18)42(32(45)19(29)14-37)28-16(4)7-8-38-26(28)15(2)3;2*1-5-19(46)43-8-10-44(11-9-43)28-16-12-18(33)26(20-22(34)21(32(37,38)39)23(35)24(36)29(20)47)42-30(16)45(31(48)17(28)13-40)27-15(4)6-7-41-25(27)14(2)3/h6-8,13,15,44H,1,9-12H2,2-5H3;2*5-7,12,14,47H,1,8-11H2,2-4H3. The first-order valence-electron chi connectivity index (χ1n) is 42.7. The zero-order valence-electron chi connectivity index (χ0n) is 75.9. The number of pyridine rings is 9. The van der Waals surface area contributed by atoms with Gasteiger partial charge in [0.05, 0.1) is 99.5 Å². The Balaban J connectivity index is 0.000000178. The second kappa shape index (κ2) is 40.5. The molecule has 12 heterocycles. The molecule has 12 aromatic rings. The van der Waals surface area contributed by atoms with Gasteiger partial charge in [-0.3, -0.25) is 57.4 Å². The molecule has 0 saturated carbocycles. The summed E-state index contributed by atoms with van der Waals surface area (Å²) in [6.45, 7) is 30.4. The summed E-state index contributed by atoms with van der Waals surface area (Å²) in [6, 6.07) is 14.5. The first-order valence-corrected chi connectivity index (χ1v) is 44.6. The van der Waals surface area contributed by atoms with E-state index in [9.17, 15) is 108 Å². The van der Waals surface area contributed by atoms with E-state index in [0.29, 0.717) is 76.7 Å². The predicted molar refractivity (Wildman–Crippen MR) is 504 cm³/mol. The quantitative estimate of drug-likeness (QED) is 0.0371. The Kier molecular flexibility index (Phi) is 29.8. The van der Waals surface area contributed by atoms with Gasteiger partial charge in [0.2, 0.25) is 29.4 Å². The number of aromatic nitrogens is 9. The number of alkyl halides is 6. The van der Waals surface area contributed by atoms with Crippen LogP contribution < -0.4 is 31.4 Å². The van der Waals surface area contributed by atoms with Crippen LogP contribution >= 0.6 is 58.0 Å². The van der Waals surface area contributed by atoms with Gasteiger partial charge in [0, 0.05) is 119 Å². The van der Waals surface area contributed by atoms with Crippen molar-refractivity contribution in [2.24, 2.45) is 0 Å². The van der Waals surface area contributed by atoms with E-state index in [1.807, 2.05) is 37.8 Å². The van der Waals surface area contributed by atoms with Crippen LogP contribution in [0.15, 0.2) is 107 Å². The largest absolute Gasteiger partial charge is 0.506 e. The van der Waals surface area contributed by atoms with E-state index in [2.05, 4.69) is 50.7 Å². The van der Waals surface area contributed by atoms with E-state index in [1.54, 1.807) is 86.7 Å². The molecule has 0 radical (unpaired) electrons. The van der Waals surface area contributed by atoms with E-state index in [0.717, 1.165) is 33.4 Å². The number of nitriles is 3. The predicted octanol–water partition coefficient (Wildman–Crippen LogP) is 19.5. The molecule has 3 aliphatic heterocycles. The molecule has 0 atom stereocenters. The van der Waals surface area contributed by atoms with Crippen molar-refractivity contribution in [3.05, 3.63) is 257 Å². The highest BCUT2D eigenvalue weighted by Crippen LogP contribution is 2.52. The molecular weight excluding hydrogens is 1970 g/mol. The van der Waals surface area contributed by atoms with Crippen LogP contribution in [-0.2, 0) is 26.7 Å². The number of piperazine rings is 3. The van der Waals surface area contributed by atoms with Crippen LogP contribution in [0.5, 0.6) is 17.2 Å². The van der Waals surface area contributed by atoms with Crippen LogP contribution in [-0.4, -0.2) is 170 Å². The van der Waals surface area contributed by atoms with Crippen LogP contribution in [0.1, 0.15) is 126 Å². The lowest BCUT2D eigenvalue weighted by Gasteiger charge is -2.36. The number of carbonyl (C=O) groups excluding carboxylic acids is 3. The molecule has 0 unspecified atom stereocenters. The van der Waals surface area contributed by atoms with Gasteiger partial charge in [-0.1, -0.05) is 119 Å². The molecule has 45 heteroatoms. The minimum absolute atomic E-state index is 0.000108. The third-order valence-corrected chi connectivity index (χ3v) is 25.6. The summed E-state index contributed by atoms with van der Waals surface area (Å²) < 4.78 is 189. The second-order valence-electron chi connectivity index (χ2n) is 33.5. The van der Waals surface area contributed by atoms with Gasteiger partial charge in [-0.25, -0.2) is 36.9 Å². The highest BCUT2D eigenvalue weighted by Gasteiger charge is 2.46. The molecule has 3 N–H and O–H groups in total. The highest BCUT2D eigenvalue weighted by atomic mass is 35.5. The number of amides is 3. The third kappa shape index (κ3) is 18.6. The van der Waals surface area contributed by atoms with E-state index in [-0.39, 0.29) is 182 Å². The number of phenolic OH excluding ortho intramolecular Hbond substituents is 3. The number of hydrogen-bond donors (Lipinski definition) is 3. The van der Waals surface area contributed by atoms with Gasteiger partial charge in [-0.15, -0.1) is 0 Å². The van der Waals surface area contributed by atoms with Crippen molar-refractivity contribution in [1.82, 2.24) is 58.3 Å². The van der Waals surface area contributed by atoms with Gasteiger partial charge in [-0.2, -0.15) is 50.9 Å². The average Bonchev–Trinajstić information content (AvgIpc) is 0.399. The van der Waals surface area contributed by atoms with Crippen molar-refractivity contribution in [2.45, 2.75) is 99.3 Å². The van der Waals surface area contributed by atoms with Crippen LogP contribution in [0.2, 0.25) is 25.1 Å². The summed E-state index contributed by atoms with van der Waals surface area (Å²) >= 11 is 32.1. The summed E-state index contributed by atoms with van der Waals surface area (Å²) in [5, 5.41) is 61.1. The summed E-state index contributed by atoms with van der Waals surface area (Å²) in [4.78, 5) is 116. The Hall–Kier alpha value is -14.4. The van der Waals surface area contributed by atoms with Gasteiger partial charge in [0.15, 0.2) is 40.6 Å². The summed E-state index contributed by atoms with van der Waals surface area (Å²) in [5.41, 5.74) is -10.0. The maximum absolute atomic E-state index is 15.5. The number of benzene rings is 3. The Labute approximate surface area is 817 Å². The van der Waals surface area contributed by atoms with Gasteiger partial charge < -0.3 is 44.7 Å². The van der Waals surface area contributed by atoms with Crippen LogP contribution in [0.25, 0.3) is 83.9 Å². The molecule has 3 aromatic carbocycles. The Morgan fingerprint density at radius 2 is 0.660 bits per heavy atom. The van der Waals surface area contributed by atoms with E-state index >= 15 is 8.78 Å². The Bertz CT molecular complexity index is 7330. The van der Waals surface area contributed by atoms with Crippen molar-refractivity contribution >= 4 is 126 Å². The molecule has 3 fully saturated rings. The molecule has 3 saturated heterocycles. The lowest BCUT2D eigenvalue weighted by atomic mass is 10.0. The molecule has 0 bridgehead atoms. The molecule has 15 rings (SSSR count). The number of phenols is 3. The van der Waals surface area contributed by atoms with Gasteiger partial charge >= 0.3 is 12.4 Å².